The monoisotopic (exact) mass is 214 g/mol. The molecule has 1 aromatic carbocycles. The standard InChI is InChI=1S/C12H10N2O2/c15-12(16)14-6-8-5-13-11-4-2-1-3-9(11)10(8)7-14/h1-6,10H,7H2,(H,15,16)/t10-/m0/s1. The number of benzene rings is 1. The lowest BCUT2D eigenvalue weighted by Gasteiger charge is -2.19. The SMILES string of the molecule is O=C(O)N1C=C2C=Nc3ccccc3[C@H]2C1. The van der Waals surface area contributed by atoms with Crippen LogP contribution in [0.2, 0.25) is 0 Å². The molecule has 2 heterocycles. The van der Waals surface area contributed by atoms with Gasteiger partial charge in [0.25, 0.3) is 0 Å². The number of carbonyl (C=O) groups is 1. The summed E-state index contributed by atoms with van der Waals surface area (Å²) in [7, 11) is 0. The fourth-order valence-electron chi connectivity index (χ4n) is 2.20. The summed E-state index contributed by atoms with van der Waals surface area (Å²) in [5, 5.41) is 8.95. The van der Waals surface area contributed by atoms with Gasteiger partial charge in [0.2, 0.25) is 0 Å². The number of amides is 1. The molecule has 80 valence electrons. The molecule has 0 aromatic heterocycles. The molecule has 4 heteroatoms. The highest BCUT2D eigenvalue weighted by atomic mass is 16.4. The van der Waals surface area contributed by atoms with Gasteiger partial charge in [-0.05, 0) is 17.2 Å². The lowest BCUT2D eigenvalue weighted by Crippen LogP contribution is -2.23. The van der Waals surface area contributed by atoms with Gasteiger partial charge >= 0.3 is 6.09 Å². The van der Waals surface area contributed by atoms with E-state index in [1.807, 2.05) is 24.3 Å². The Kier molecular flexibility index (Phi) is 1.83. The highest BCUT2D eigenvalue weighted by Gasteiger charge is 2.31. The predicted octanol–water partition coefficient (Wildman–Crippen LogP) is 2.36. The molecule has 1 N–H and O–H groups in total. The Balaban J connectivity index is 2.04. The second kappa shape index (κ2) is 3.20. The fourth-order valence-corrected chi connectivity index (χ4v) is 2.20. The van der Waals surface area contributed by atoms with E-state index in [-0.39, 0.29) is 5.92 Å². The van der Waals surface area contributed by atoms with Crippen LogP contribution >= 0.6 is 0 Å². The lowest BCUT2D eigenvalue weighted by molar-refractivity contribution is 0.165. The van der Waals surface area contributed by atoms with Gasteiger partial charge in [0, 0.05) is 24.9 Å². The van der Waals surface area contributed by atoms with Gasteiger partial charge in [-0.25, -0.2) is 4.79 Å². The zero-order chi connectivity index (χ0) is 11.1. The Morgan fingerprint density at radius 1 is 1.44 bits per heavy atom. The van der Waals surface area contributed by atoms with Crippen molar-refractivity contribution in [2.45, 2.75) is 5.92 Å². The van der Waals surface area contributed by atoms with Crippen molar-refractivity contribution in [3.8, 4) is 0 Å². The summed E-state index contributed by atoms with van der Waals surface area (Å²) in [4.78, 5) is 16.5. The minimum atomic E-state index is -0.909. The van der Waals surface area contributed by atoms with Gasteiger partial charge < -0.3 is 5.11 Å². The summed E-state index contributed by atoms with van der Waals surface area (Å²) >= 11 is 0. The summed E-state index contributed by atoms with van der Waals surface area (Å²) in [6, 6.07) is 7.86. The highest BCUT2D eigenvalue weighted by molar-refractivity contribution is 5.89. The van der Waals surface area contributed by atoms with Crippen molar-refractivity contribution < 1.29 is 9.90 Å². The van der Waals surface area contributed by atoms with E-state index in [2.05, 4.69) is 4.99 Å². The maximum atomic E-state index is 10.9. The van der Waals surface area contributed by atoms with Gasteiger partial charge in [0.1, 0.15) is 0 Å². The normalized spacial score (nSPS) is 21.4. The third kappa shape index (κ3) is 1.23. The Labute approximate surface area is 92.5 Å². The minimum Gasteiger partial charge on any atom is -0.465 e. The summed E-state index contributed by atoms with van der Waals surface area (Å²) in [6.07, 6.45) is 2.51. The van der Waals surface area contributed by atoms with Gasteiger partial charge in [-0.15, -0.1) is 0 Å². The Morgan fingerprint density at radius 2 is 2.25 bits per heavy atom. The minimum absolute atomic E-state index is 0.143. The molecule has 0 saturated heterocycles. The number of hydrogen-bond donors (Lipinski definition) is 1. The Bertz CT molecular complexity index is 520. The number of rotatable bonds is 0. The summed E-state index contributed by atoms with van der Waals surface area (Å²) < 4.78 is 0. The average Bonchev–Trinajstić information content (AvgIpc) is 2.73. The second-order valence-electron chi connectivity index (χ2n) is 3.93. The van der Waals surface area contributed by atoms with Crippen molar-refractivity contribution in [3.05, 3.63) is 41.6 Å². The first-order chi connectivity index (χ1) is 7.75. The third-order valence-corrected chi connectivity index (χ3v) is 3.00. The average molecular weight is 214 g/mol. The second-order valence-corrected chi connectivity index (χ2v) is 3.93. The van der Waals surface area contributed by atoms with E-state index < -0.39 is 6.09 Å². The van der Waals surface area contributed by atoms with Gasteiger partial charge in [-0.2, -0.15) is 0 Å². The molecule has 1 atom stereocenters. The molecule has 0 radical (unpaired) electrons. The smallest absolute Gasteiger partial charge is 0.411 e. The van der Waals surface area contributed by atoms with E-state index in [4.69, 9.17) is 5.11 Å². The van der Waals surface area contributed by atoms with Gasteiger partial charge in [-0.1, -0.05) is 18.2 Å². The molecule has 3 rings (SSSR count). The fraction of sp³-hybridized carbons (Fsp3) is 0.167. The van der Waals surface area contributed by atoms with Crippen molar-refractivity contribution in [2.24, 2.45) is 4.99 Å². The van der Waals surface area contributed by atoms with Crippen LogP contribution in [0.1, 0.15) is 11.5 Å². The van der Waals surface area contributed by atoms with Crippen LogP contribution in [0.4, 0.5) is 10.5 Å². The van der Waals surface area contributed by atoms with Crippen LogP contribution in [0.25, 0.3) is 0 Å². The topological polar surface area (TPSA) is 52.9 Å². The maximum Gasteiger partial charge on any atom is 0.411 e. The molecule has 0 fully saturated rings. The molecule has 4 nitrogen and oxygen atoms in total. The van der Waals surface area contributed by atoms with E-state index in [0.717, 1.165) is 16.8 Å². The van der Waals surface area contributed by atoms with Crippen molar-refractivity contribution in [1.82, 2.24) is 4.90 Å². The molecule has 0 bridgehead atoms. The molecule has 1 aromatic rings. The van der Waals surface area contributed by atoms with Gasteiger partial charge in [-0.3, -0.25) is 9.89 Å². The number of nitrogens with zero attached hydrogens (tertiary/aromatic N) is 2. The molecule has 1 amide bonds. The van der Waals surface area contributed by atoms with E-state index in [1.165, 1.54) is 4.90 Å². The van der Waals surface area contributed by atoms with Crippen LogP contribution in [0.5, 0.6) is 0 Å². The molecule has 0 saturated carbocycles. The first kappa shape index (κ1) is 9.15. The van der Waals surface area contributed by atoms with Crippen molar-refractivity contribution in [3.63, 3.8) is 0 Å². The summed E-state index contributed by atoms with van der Waals surface area (Å²) in [5.74, 6) is 0.143. The molecule has 2 aliphatic rings. The van der Waals surface area contributed by atoms with Crippen molar-refractivity contribution in [2.75, 3.05) is 6.54 Å². The van der Waals surface area contributed by atoms with Crippen LogP contribution < -0.4 is 0 Å². The molecule has 0 spiro atoms. The number of para-hydroxylation sites is 1. The number of aliphatic imine (C=N–C) groups is 1. The molecule has 2 aliphatic heterocycles. The molecular formula is C12H10N2O2. The number of hydrogen-bond acceptors (Lipinski definition) is 2. The zero-order valence-corrected chi connectivity index (χ0v) is 8.50. The molecule has 0 unspecified atom stereocenters. The van der Waals surface area contributed by atoms with Crippen LogP contribution in [0, 0.1) is 0 Å². The molecule has 0 aliphatic carbocycles. The number of fused-ring (bicyclic) bond motifs is 3. The Hall–Kier alpha value is -2.10. The van der Waals surface area contributed by atoms with Crippen molar-refractivity contribution in [1.29, 1.82) is 0 Å². The van der Waals surface area contributed by atoms with Crippen LogP contribution in [-0.4, -0.2) is 28.9 Å². The number of carboxylic acid groups (broad SMARTS) is 1. The highest BCUT2D eigenvalue weighted by Crippen LogP contribution is 2.39. The van der Waals surface area contributed by atoms with Gasteiger partial charge in [0.15, 0.2) is 0 Å². The van der Waals surface area contributed by atoms with E-state index in [0.29, 0.717) is 6.54 Å². The third-order valence-electron chi connectivity index (χ3n) is 3.00. The van der Waals surface area contributed by atoms with Crippen molar-refractivity contribution >= 4 is 18.0 Å². The van der Waals surface area contributed by atoms with Crippen LogP contribution in [0.15, 0.2) is 41.0 Å². The van der Waals surface area contributed by atoms with E-state index in [1.54, 1.807) is 12.4 Å². The van der Waals surface area contributed by atoms with Crippen LogP contribution in [-0.2, 0) is 0 Å². The lowest BCUT2D eigenvalue weighted by atomic mass is 9.91. The summed E-state index contributed by atoms with van der Waals surface area (Å²) in [5.41, 5.74) is 3.03. The molecular weight excluding hydrogens is 204 g/mol. The first-order valence-corrected chi connectivity index (χ1v) is 5.10. The largest absolute Gasteiger partial charge is 0.465 e. The first-order valence-electron chi connectivity index (χ1n) is 5.10. The summed E-state index contributed by atoms with van der Waals surface area (Å²) in [6.45, 7) is 0.494. The van der Waals surface area contributed by atoms with E-state index in [9.17, 15) is 4.79 Å². The maximum absolute atomic E-state index is 10.9. The van der Waals surface area contributed by atoms with E-state index >= 15 is 0 Å². The predicted molar refractivity (Wildman–Crippen MR) is 60.1 cm³/mol. The quantitative estimate of drug-likeness (QED) is 0.720. The van der Waals surface area contributed by atoms with Crippen LogP contribution in [0.3, 0.4) is 0 Å². The molecule has 16 heavy (non-hydrogen) atoms. The zero-order valence-electron chi connectivity index (χ0n) is 8.50. The van der Waals surface area contributed by atoms with Gasteiger partial charge in [0.05, 0.1) is 5.69 Å². The Morgan fingerprint density at radius 3 is 3.06 bits per heavy atom.